The molecule has 0 bridgehead atoms. The predicted molar refractivity (Wildman–Crippen MR) is 105 cm³/mol. The van der Waals surface area contributed by atoms with Gasteiger partial charge in [0.05, 0.1) is 11.4 Å². The van der Waals surface area contributed by atoms with Gasteiger partial charge in [0.1, 0.15) is 6.07 Å². The number of esters is 1. The van der Waals surface area contributed by atoms with Crippen LogP contribution in [0, 0.1) is 23.8 Å². The molecule has 0 saturated carbocycles. The molecule has 1 amide bonds. The summed E-state index contributed by atoms with van der Waals surface area (Å²) < 4.78 is 38.0. The summed E-state index contributed by atoms with van der Waals surface area (Å²) in [5, 5.41) is 17.4. The molecule has 0 saturated heterocycles. The number of nitriles is 1. The maximum Gasteiger partial charge on any atom is 0.397 e. The minimum atomic E-state index is -4.79. The van der Waals surface area contributed by atoms with Crippen molar-refractivity contribution in [2.24, 2.45) is 16.1 Å². The summed E-state index contributed by atoms with van der Waals surface area (Å²) in [6.07, 6.45) is 0.0960. The molecule has 1 aliphatic rings. The number of amidine groups is 1. The van der Waals surface area contributed by atoms with Gasteiger partial charge in [-0.05, 0) is 22.8 Å². The summed E-state index contributed by atoms with van der Waals surface area (Å²) >= 11 is 0. The maximum atomic E-state index is 12.2. The van der Waals surface area contributed by atoms with Gasteiger partial charge >= 0.3 is 22.2 Å². The summed E-state index contributed by atoms with van der Waals surface area (Å²) in [6, 6.07) is 8.29. The molecule has 0 fully saturated rings. The molecule has 0 spiro atoms. The zero-order valence-corrected chi connectivity index (χ0v) is 16.9. The Morgan fingerprint density at radius 2 is 2.16 bits per heavy atom. The van der Waals surface area contributed by atoms with Gasteiger partial charge in [0.2, 0.25) is 5.91 Å². The largest absolute Gasteiger partial charge is 0.440 e. The molecule has 1 heterocycles. The fourth-order valence-corrected chi connectivity index (χ4v) is 2.64. The zero-order chi connectivity index (χ0) is 23.0. The van der Waals surface area contributed by atoms with Crippen LogP contribution < -0.4 is 5.43 Å². The van der Waals surface area contributed by atoms with Crippen molar-refractivity contribution < 1.29 is 31.5 Å². The molecule has 1 atom stereocenters. The highest BCUT2D eigenvalue weighted by atomic mass is 32.3. The summed E-state index contributed by atoms with van der Waals surface area (Å²) in [4.78, 5) is 26.6. The number of hydrazone groups is 2. The van der Waals surface area contributed by atoms with Gasteiger partial charge in [0.15, 0.2) is 13.3 Å². The van der Waals surface area contributed by atoms with Gasteiger partial charge in [-0.1, -0.05) is 25.6 Å². The second-order valence-electron chi connectivity index (χ2n) is 6.07. The van der Waals surface area contributed by atoms with Crippen LogP contribution in [0.2, 0.25) is 0 Å². The highest BCUT2D eigenvalue weighted by molar-refractivity contribution is 7.80. The van der Waals surface area contributed by atoms with E-state index in [1.165, 1.54) is 0 Å². The van der Waals surface area contributed by atoms with Gasteiger partial charge in [0.25, 0.3) is 0 Å². The van der Waals surface area contributed by atoms with E-state index >= 15 is 0 Å². The Morgan fingerprint density at radius 3 is 2.74 bits per heavy atom. The molecule has 2 rings (SSSR count). The van der Waals surface area contributed by atoms with Crippen LogP contribution in [-0.4, -0.2) is 54.7 Å². The number of nitrogens with zero attached hydrogens (tertiary/aromatic N) is 5. The van der Waals surface area contributed by atoms with Crippen LogP contribution in [0.5, 0.6) is 0 Å². The quantitative estimate of drug-likeness (QED) is 0.145. The number of amides is 1. The number of nitrogens with one attached hydrogen (secondary N) is 1. The molecule has 14 heteroatoms. The third kappa shape index (κ3) is 7.16. The SMILES string of the molecule is [C-]#[N+]/C(C#N)=N/Nc1ccc(C2=NN(COC(=O)COS(=O)(=O)O)C(=O)C[C@H]2C)cc1. The molecule has 0 aromatic heterocycles. The van der Waals surface area contributed by atoms with Crippen molar-refractivity contribution in [3.05, 3.63) is 41.2 Å². The molecule has 1 aromatic rings. The lowest BCUT2D eigenvalue weighted by Crippen LogP contribution is -2.38. The summed E-state index contributed by atoms with van der Waals surface area (Å²) in [5.74, 6) is -2.10. The first-order chi connectivity index (χ1) is 14.6. The normalized spacial score (nSPS) is 16.7. The number of benzene rings is 1. The zero-order valence-electron chi connectivity index (χ0n) is 16.0. The third-order valence-corrected chi connectivity index (χ3v) is 4.23. The Bertz CT molecular complexity index is 1080. The highest BCUT2D eigenvalue weighted by Crippen LogP contribution is 2.22. The molecule has 1 aromatic carbocycles. The summed E-state index contributed by atoms with van der Waals surface area (Å²) in [7, 11) is -4.79. The third-order valence-electron chi connectivity index (χ3n) is 3.81. The van der Waals surface area contributed by atoms with Crippen molar-refractivity contribution in [3.8, 4) is 6.07 Å². The van der Waals surface area contributed by atoms with Crippen LogP contribution in [0.1, 0.15) is 18.9 Å². The molecule has 0 unspecified atom stereocenters. The lowest BCUT2D eigenvalue weighted by Gasteiger charge is -2.27. The van der Waals surface area contributed by atoms with E-state index < -0.39 is 35.6 Å². The van der Waals surface area contributed by atoms with Crippen LogP contribution in [0.4, 0.5) is 5.69 Å². The van der Waals surface area contributed by atoms with Gasteiger partial charge in [-0.2, -0.15) is 18.5 Å². The first-order valence-electron chi connectivity index (χ1n) is 8.51. The van der Waals surface area contributed by atoms with Crippen LogP contribution >= 0.6 is 0 Å². The van der Waals surface area contributed by atoms with Crippen molar-refractivity contribution in [2.75, 3.05) is 18.8 Å². The number of rotatable bonds is 8. The van der Waals surface area contributed by atoms with Crippen molar-refractivity contribution in [3.63, 3.8) is 0 Å². The standard InChI is InChI=1S/C17H16N6O7S/c1-11-7-15(24)23(10-29-16(25)9-30-31(26,27)28)22-17(11)12-3-5-13(6-4-12)20-21-14(8-18)19-2/h3-6,11,20H,7,9-10H2,1H3,(H,26,27,28)/b21-14+/t11-/m1/s1. The Hall–Kier alpha value is -3.85. The Labute approximate surface area is 177 Å². The molecule has 162 valence electrons. The molecule has 13 nitrogen and oxygen atoms in total. The summed E-state index contributed by atoms with van der Waals surface area (Å²) in [6.45, 7) is 6.95. The van der Waals surface area contributed by atoms with Crippen LogP contribution in [0.25, 0.3) is 4.85 Å². The van der Waals surface area contributed by atoms with Crippen LogP contribution in [0.3, 0.4) is 0 Å². The minimum absolute atomic E-state index is 0.0960. The van der Waals surface area contributed by atoms with Gasteiger partial charge in [-0.25, -0.2) is 19.7 Å². The fraction of sp³-hybridized carbons (Fsp3) is 0.294. The Balaban J connectivity index is 2.08. The maximum absolute atomic E-state index is 12.2. The number of hydrogen-bond donors (Lipinski definition) is 2. The smallest absolute Gasteiger partial charge is 0.397 e. The second kappa shape index (κ2) is 10.3. The topological polar surface area (TPSA) is 175 Å². The predicted octanol–water partition coefficient (Wildman–Crippen LogP) is 0.747. The summed E-state index contributed by atoms with van der Waals surface area (Å²) in [5.41, 5.74) is 4.31. The number of ether oxygens (including phenoxy) is 1. The van der Waals surface area contributed by atoms with Crippen molar-refractivity contribution >= 4 is 39.5 Å². The van der Waals surface area contributed by atoms with E-state index in [9.17, 15) is 18.0 Å². The highest BCUT2D eigenvalue weighted by Gasteiger charge is 2.28. The van der Waals surface area contributed by atoms with Crippen LogP contribution in [-0.2, 0) is 28.9 Å². The van der Waals surface area contributed by atoms with Crippen LogP contribution in [0.15, 0.2) is 34.5 Å². The monoisotopic (exact) mass is 448 g/mol. The number of carbonyl (C=O) groups is 2. The average molecular weight is 448 g/mol. The van der Waals surface area contributed by atoms with Gasteiger partial charge < -0.3 is 9.58 Å². The molecular formula is C17H16N6O7S. The lowest BCUT2D eigenvalue weighted by atomic mass is 9.94. The van der Waals surface area contributed by atoms with E-state index in [0.717, 1.165) is 5.01 Å². The fourth-order valence-electron chi connectivity index (χ4n) is 2.40. The molecular weight excluding hydrogens is 432 g/mol. The van der Waals surface area contributed by atoms with Crippen molar-refractivity contribution in [2.45, 2.75) is 13.3 Å². The van der Waals surface area contributed by atoms with E-state index in [0.29, 0.717) is 17.0 Å². The average Bonchev–Trinajstić information content (AvgIpc) is 2.72. The van der Waals surface area contributed by atoms with Gasteiger partial charge in [-0.15, -0.1) is 0 Å². The first kappa shape index (κ1) is 23.4. The van der Waals surface area contributed by atoms with E-state index in [1.807, 2.05) is 0 Å². The number of anilines is 1. The molecule has 31 heavy (non-hydrogen) atoms. The molecule has 1 aliphatic heterocycles. The molecule has 0 aliphatic carbocycles. The molecule has 2 N–H and O–H groups in total. The van der Waals surface area contributed by atoms with E-state index in [-0.39, 0.29) is 18.2 Å². The second-order valence-corrected chi connectivity index (χ2v) is 7.16. The van der Waals surface area contributed by atoms with Gasteiger partial charge in [-0.3, -0.25) is 9.35 Å². The lowest BCUT2D eigenvalue weighted by molar-refractivity contribution is -0.155. The molecule has 0 radical (unpaired) electrons. The first-order valence-corrected chi connectivity index (χ1v) is 9.87. The number of carbonyl (C=O) groups excluding carboxylic acids is 2. The van der Waals surface area contributed by atoms with E-state index in [4.69, 9.17) is 21.1 Å². The number of hydrogen-bond acceptors (Lipinski definition) is 10. The Kier molecular flexibility index (Phi) is 7.75. The van der Waals surface area contributed by atoms with E-state index in [2.05, 4.69) is 24.7 Å². The van der Waals surface area contributed by atoms with Crippen molar-refractivity contribution in [1.82, 2.24) is 5.01 Å². The minimum Gasteiger partial charge on any atom is -0.440 e. The van der Waals surface area contributed by atoms with Gasteiger partial charge in [0, 0.05) is 12.3 Å². The van der Waals surface area contributed by atoms with Crippen molar-refractivity contribution in [1.29, 1.82) is 5.26 Å². The van der Waals surface area contributed by atoms with E-state index in [1.54, 1.807) is 37.3 Å². The Morgan fingerprint density at radius 1 is 1.48 bits per heavy atom.